The van der Waals surface area contributed by atoms with E-state index in [1.165, 1.54) is 5.56 Å². The van der Waals surface area contributed by atoms with E-state index in [1.807, 2.05) is 6.92 Å². The van der Waals surface area contributed by atoms with E-state index in [0.29, 0.717) is 6.54 Å². The van der Waals surface area contributed by atoms with Gasteiger partial charge in [0.15, 0.2) is 0 Å². The first-order valence-corrected chi connectivity index (χ1v) is 7.19. The van der Waals surface area contributed by atoms with E-state index in [9.17, 15) is 4.79 Å². The standard InChI is InChI=1S/C16H22N4O/c1-4-13-5-7-14(8-6-13)12(2)19-16(21)20(3)11-15-17-9-10-18-15/h5-10,12H,4,11H2,1-3H3,(H,17,18)(H,19,21)/t12-/m1/s1. The van der Waals surface area contributed by atoms with E-state index >= 15 is 0 Å². The van der Waals surface area contributed by atoms with Crippen LogP contribution in [0.1, 0.15) is 36.8 Å². The molecule has 21 heavy (non-hydrogen) atoms. The third kappa shape index (κ3) is 4.08. The molecule has 1 aromatic carbocycles. The number of nitrogens with zero attached hydrogens (tertiary/aromatic N) is 2. The minimum absolute atomic E-state index is 0.0255. The second-order valence-electron chi connectivity index (χ2n) is 5.16. The van der Waals surface area contributed by atoms with Crippen molar-refractivity contribution in [3.8, 4) is 0 Å². The third-order valence-electron chi connectivity index (χ3n) is 3.52. The van der Waals surface area contributed by atoms with Crippen LogP contribution in [0, 0.1) is 0 Å². The summed E-state index contributed by atoms with van der Waals surface area (Å²) in [5.41, 5.74) is 2.40. The highest BCUT2D eigenvalue weighted by Gasteiger charge is 2.14. The second kappa shape index (κ2) is 6.92. The van der Waals surface area contributed by atoms with Crippen molar-refractivity contribution in [1.29, 1.82) is 0 Å². The molecule has 5 nitrogen and oxygen atoms in total. The number of hydrogen-bond acceptors (Lipinski definition) is 2. The second-order valence-corrected chi connectivity index (χ2v) is 5.16. The highest BCUT2D eigenvalue weighted by atomic mass is 16.2. The van der Waals surface area contributed by atoms with Crippen LogP contribution in [0.3, 0.4) is 0 Å². The molecule has 0 spiro atoms. The van der Waals surface area contributed by atoms with E-state index in [1.54, 1.807) is 24.3 Å². The van der Waals surface area contributed by atoms with Crippen molar-refractivity contribution in [2.24, 2.45) is 0 Å². The van der Waals surface area contributed by atoms with Crippen LogP contribution in [0.5, 0.6) is 0 Å². The summed E-state index contributed by atoms with van der Waals surface area (Å²) in [5, 5.41) is 2.99. The number of carbonyl (C=O) groups excluding carboxylic acids is 1. The number of urea groups is 1. The van der Waals surface area contributed by atoms with E-state index in [0.717, 1.165) is 17.8 Å². The van der Waals surface area contributed by atoms with Crippen molar-refractivity contribution in [3.63, 3.8) is 0 Å². The van der Waals surface area contributed by atoms with Gasteiger partial charge in [0.2, 0.25) is 0 Å². The highest BCUT2D eigenvalue weighted by Crippen LogP contribution is 2.14. The van der Waals surface area contributed by atoms with Crippen LogP contribution in [-0.4, -0.2) is 27.9 Å². The number of amides is 2. The minimum Gasteiger partial charge on any atom is -0.347 e. The highest BCUT2D eigenvalue weighted by molar-refractivity contribution is 5.74. The molecule has 0 saturated carbocycles. The Bertz CT molecular complexity index is 562. The molecule has 0 aliphatic heterocycles. The molecule has 0 radical (unpaired) electrons. The van der Waals surface area contributed by atoms with Gasteiger partial charge in [0.1, 0.15) is 5.82 Å². The molecule has 5 heteroatoms. The Morgan fingerprint density at radius 1 is 1.38 bits per heavy atom. The fourth-order valence-corrected chi connectivity index (χ4v) is 2.10. The predicted molar refractivity (Wildman–Crippen MR) is 82.8 cm³/mol. The summed E-state index contributed by atoms with van der Waals surface area (Å²) in [6.45, 7) is 4.57. The molecule has 2 amide bonds. The number of H-pyrrole nitrogens is 1. The normalized spacial score (nSPS) is 12.0. The van der Waals surface area contributed by atoms with Gasteiger partial charge in [0.05, 0.1) is 12.6 Å². The molecule has 1 aromatic heterocycles. The average Bonchev–Trinajstić information content (AvgIpc) is 3.00. The van der Waals surface area contributed by atoms with Gasteiger partial charge in [-0.15, -0.1) is 0 Å². The molecule has 0 aliphatic rings. The quantitative estimate of drug-likeness (QED) is 0.888. The van der Waals surface area contributed by atoms with Gasteiger partial charge in [-0.25, -0.2) is 9.78 Å². The van der Waals surface area contributed by atoms with Crippen molar-refractivity contribution in [1.82, 2.24) is 20.2 Å². The van der Waals surface area contributed by atoms with E-state index in [-0.39, 0.29) is 12.1 Å². The van der Waals surface area contributed by atoms with E-state index in [2.05, 4.69) is 46.5 Å². The molecule has 0 fully saturated rings. The van der Waals surface area contributed by atoms with Gasteiger partial charge in [0, 0.05) is 19.4 Å². The number of aromatic amines is 1. The lowest BCUT2D eigenvalue weighted by atomic mass is 10.1. The number of aromatic nitrogens is 2. The molecule has 2 rings (SSSR count). The van der Waals surface area contributed by atoms with Crippen LogP contribution in [0.25, 0.3) is 0 Å². The number of nitrogens with one attached hydrogen (secondary N) is 2. The fraction of sp³-hybridized carbons (Fsp3) is 0.375. The molecular formula is C16H22N4O. The first kappa shape index (κ1) is 15.1. The first-order chi connectivity index (χ1) is 10.1. The van der Waals surface area contributed by atoms with Gasteiger partial charge < -0.3 is 15.2 Å². The molecule has 0 unspecified atom stereocenters. The Morgan fingerprint density at radius 3 is 2.67 bits per heavy atom. The molecule has 0 bridgehead atoms. The van der Waals surface area contributed by atoms with Gasteiger partial charge in [-0.3, -0.25) is 0 Å². The fourth-order valence-electron chi connectivity index (χ4n) is 2.10. The van der Waals surface area contributed by atoms with Gasteiger partial charge in [-0.1, -0.05) is 31.2 Å². The lowest BCUT2D eigenvalue weighted by Crippen LogP contribution is -2.38. The summed E-state index contributed by atoms with van der Waals surface area (Å²) in [5.74, 6) is 0.771. The summed E-state index contributed by atoms with van der Waals surface area (Å²) < 4.78 is 0. The summed E-state index contributed by atoms with van der Waals surface area (Å²) in [4.78, 5) is 20.9. The predicted octanol–water partition coefficient (Wildman–Crippen LogP) is 2.87. The zero-order valence-corrected chi connectivity index (χ0v) is 12.8. The molecule has 0 saturated heterocycles. The minimum atomic E-state index is -0.113. The van der Waals surface area contributed by atoms with Gasteiger partial charge in [-0.2, -0.15) is 0 Å². The zero-order chi connectivity index (χ0) is 15.2. The van der Waals surface area contributed by atoms with Crippen molar-refractivity contribution < 1.29 is 4.79 Å². The monoisotopic (exact) mass is 286 g/mol. The summed E-state index contributed by atoms with van der Waals surface area (Å²) in [7, 11) is 1.75. The smallest absolute Gasteiger partial charge is 0.318 e. The Hall–Kier alpha value is -2.30. The van der Waals surface area contributed by atoms with Crippen LogP contribution in [0.15, 0.2) is 36.7 Å². The van der Waals surface area contributed by atoms with Gasteiger partial charge >= 0.3 is 6.03 Å². The molecule has 1 atom stereocenters. The van der Waals surface area contributed by atoms with Crippen molar-refractivity contribution in [2.45, 2.75) is 32.9 Å². The van der Waals surface area contributed by atoms with Crippen LogP contribution >= 0.6 is 0 Å². The summed E-state index contributed by atoms with van der Waals surface area (Å²) in [6.07, 6.45) is 4.45. The maximum Gasteiger partial charge on any atom is 0.318 e. The number of rotatable bonds is 5. The lowest BCUT2D eigenvalue weighted by Gasteiger charge is -2.21. The van der Waals surface area contributed by atoms with E-state index in [4.69, 9.17) is 0 Å². The van der Waals surface area contributed by atoms with Crippen molar-refractivity contribution in [2.75, 3.05) is 7.05 Å². The summed E-state index contributed by atoms with van der Waals surface area (Å²) in [6, 6.07) is 8.20. The average molecular weight is 286 g/mol. The van der Waals surface area contributed by atoms with Crippen LogP contribution in [0.2, 0.25) is 0 Å². The molecule has 112 valence electrons. The van der Waals surface area contributed by atoms with Crippen LogP contribution in [0.4, 0.5) is 4.79 Å². The Kier molecular flexibility index (Phi) is 4.98. The number of carbonyl (C=O) groups is 1. The maximum atomic E-state index is 12.1. The Morgan fingerprint density at radius 2 is 2.10 bits per heavy atom. The van der Waals surface area contributed by atoms with Crippen molar-refractivity contribution in [3.05, 3.63) is 53.6 Å². The molecule has 1 heterocycles. The largest absolute Gasteiger partial charge is 0.347 e. The number of benzene rings is 1. The molecule has 2 N–H and O–H groups in total. The SMILES string of the molecule is CCc1ccc([C@@H](C)NC(=O)N(C)Cc2ncc[nH]2)cc1. The van der Waals surface area contributed by atoms with Crippen LogP contribution < -0.4 is 5.32 Å². The number of imidazole rings is 1. The number of hydrogen-bond donors (Lipinski definition) is 2. The number of aryl methyl sites for hydroxylation is 1. The first-order valence-electron chi connectivity index (χ1n) is 7.19. The van der Waals surface area contributed by atoms with Gasteiger partial charge in [-0.05, 0) is 24.5 Å². The Labute approximate surface area is 125 Å². The third-order valence-corrected chi connectivity index (χ3v) is 3.52. The van der Waals surface area contributed by atoms with Crippen LogP contribution in [-0.2, 0) is 13.0 Å². The maximum absolute atomic E-state index is 12.1. The van der Waals surface area contributed by atoms with Crippen molar-refractivity contribution >= 4 is 6.03 Å². The summed E-state index contributed by atoms with van der Waals surface area (Å²) >= 11 is 0. The lowest BCUT2D eigenvalue weighted by molar-refractivity contribution is 0.202. The Balaban J connectivity index is 1.91. The zero-order valence-electron chi connectivity index (χ0n) is 12.8. The molecular weight excluding hydrogens is 264 g/mol. The van der Waals surface area contributed by atoms with Gasteiger partial charge in [0.25, 0.3) is 0 Å². The molecule has 0 aliphatic carbocycles. The molecule has 2 aromatic rings. The topological polar surface area (TPSA) is 61.0 Å². The van der Waals surface area contributed by atoms with E-state index < -0.39 is 0 Å².